The van der Waals surface area contributed by atoms with Crippen molar-refractivity contribution in [2.75, 3.05) is 26.2 Å². The highest BCUT2D eigenvalue weighted by atomic mass is 15.1. The first-order chi connectivity index (χ1) is 9.49. The van der Waals surface area contributed by atoms with Crippen LogP contribution < -0.4 is 0 Å². The molecule has 0 aromatic carbocycles. The van der Waals surface area contributed by atoms with Crippen LogP contribution in [0.2, 0.25) is 12.6 Å². The Bertz CT molecular complexity index is 325. The quantitative estimate of drug-likeness (QED) is 0.539. The number of hydrogen-bond donors (Lipinski definition) is 0. The van der Waals surface area contributed by atoms with E-state index in [0.29, 0.717) is 13.7 Å². The van der Waals surface area contributed by atoms with E-state index in [1.165, 1.54) is 5.57 Å². The fourth-order valence-corrected chi connectivity index (χ4v) is 3.60. The van der Waals surface area contributed by atoms with Crippen LogP contribution in [-0.4, -0.2) is 49.5 Å². The van der Waals surface area contributed by atoms with Gasteiger partial charge in [0.2, 0.25) is 0 Å². The molecule has 112 valence electrons. The molecule has 2 nitrogen and oxygen atoms in total. The lowest BCUT2D eigenvalue weighted by Crippen LogP contribution is -2.42. The predicted molar refractivity (Wildman–Crippen MR) is 94.5 cm³/mol. The highest BCUT2D eigenvalue weighted by molar-refractivity contribution is 6.73. The molecule has 0 fully saturated rings. The fraction of sp³-hybridized carbons (Fsp3) is 0.750. The molecule has 0 bridgehead atoms. The van der Waals surface area contributed by atoms with Gasteiger partial charge in [0.1, 0.15) is 0 Å². The highest BCUT2D eigenvalue weighted by Crippen LogP contribution is 2.29. The van der Waals surface area contributed by atoms with Crippen LogP contribution in [0.25, 0.3) is 0 Å². The van der Waals surface area contributed by atoms with Gasteiger partial charge >= 0.3 is 0 Å². The van der Waals surface area contributed by atoms with E-state index >= 15 is 0 Å². The maximum Gasteiger partial charge on any atom is 0.256 e. The standard InChI is InChI=1S/C16H32B2N2/c1-8-19(9-2)17-12-14(5)13-18(16(7)15(17)6)20(10-3)11-4/h5,8-13H2,1-4,6-7H3. The van der Waals surface area contributed by atoms with Crippen molar-refractivity contribution in [3.63, 3.8) is 0 Å². The maximum atomic E-state index is 4.37. The zero-order valence-corrected chi connectivity index (χ0v) is 14.5. The molecule has 0 N–H and O–H groups in total. The van der Waals surface area contributed by atoms with Crippen molar-refractivity contribution < 1.29 is 0 Å². The van der Waals surface area contributed by atoms with Gasteiger partial charge < -0.3 is 9.62 Å². The third-order valence-corrected chi connectivity index (χ3v) is 5.09. The molecule has 0 saturated carbocycles. The lowest BCUT2D eigenvalue weighted by atomic mass is 9.46. The molecule has 20 heavy (non-hydrogen) atoms. The van der Waals surface area contributed by atoms with E-state index in [0.717, 1.165) is 38.8 Å². The van der Waals surface area contributed by atoms with Crippen molar-refractivity contribution in [3.8, 4) is 0 Å². The molecule has 1 rings (SSSR count). The monoisotopic (exact) mass is 274 g/mol. The molecule has 0 aromatic heterocycles. The first-order valence-electron chi connectivity index (χ1n) is 8.31. The van der Waals surface area contributed by atoms with Crippen LogP contribution in [0.15, 0.2) is 23.1 Å². The summed E-state index contributed by atoms with van der Waals surface area (Å²) in [6.45, 7) is 23.7. The molecule has 0 atom stereocenters. The van der Waals surface area contributed by atoms with Crippen LogP contribution in [-0.2, 0) is 0 Å². The molecule has 1 aliphatic rings. The van der Waals surface area contributed by atoms with E-state index in [-0.39, 0.29) is 0 Å². The average molecular weight is 274 g/mol. The highest BCUT2D eigenvalue weighted by Gasteiger charge is 2.34. The summed E-state index contributed by atoms with van der Waals surface area (Å²) in [6.07, 6.45) is 2.26. The van der Waals surface area contributed by atoms with Gasteiger partial charge in [-0.3, -0.25) is 0 Å². The van der Waals surface area contributed by atoms with Gasteiger partial charge in [-0.15, -0.1) is 6.58 Å². The molecule has 4 heteroatoms. The summed E-state index contributed by atoms with van der Waals surface area (Å²) in [5, 5.41) is 0. The van der Waals surface area contributed by atoms with Crippen LogP contribution in [0, 0.1) is 0 Å². The molecule has 0 amide bonds. The maximum absolute atomic E-state index is 4.37. The van der Waals surface area contributed by atoms with Crippen LogP contribution in [0.5, 0.6) is 0 Å². The van der Waals surface area contributed by atoms with Crippen molar-refractivity contribution in [2.45, 2.75) is 54.2 Å². The van der Waals surface area contributed by atoms with Crippen LogP contribution in [0.3, 0.4) is 0 Å². The first-order valence-corrected chi connectivity index (χ1v) is 8.31. The van der Waals surface area contributed by atoms with Crippen LogP contribution >= 0.6 is 0 Å². The van der Waals surface area contributed by atoms with E-state index in [4.69, 9.17) is 0 Å². The largest absolute Gasteiger partial charge is 0.338 e. The predicted octanol–water partition coefficient (Wildman–Crippen LogP) is 3.64. The van der Waals surface area contributed by atoms with Crippen LogP contribution in [0.4, 0.5) is 0 Å². The second kappa shape index (κ2) is 8.09. The van der Waals surface area contributed by atoms with Crippen molar-refractivity contribution in [3.05, 3.63) is 23.1 Å². The zero-order valence-electron chi connectivity index (χ0n) is 14.5. The van der Waals surface area contributed by atoms with Gasteiger partial charge in [-0.2, -0.15) is 0 Å². The second-order valence-electron chi connectivity index (χ2n) is 6.00. The lowest BCUT2D eigenvalue weighted by Gasteiger charge is -2.29. The lowest BCUT2D eigenvalue weighted by molar-refractivity contribution is 0.481. The molecule has 1 aliphatic heterocycles. The smallest absolute Gasteiger partial charge is 0.256 e. The first kappa shape index (κ1) is 17.6. The third kappa shape index (κ3) is 3.79. The molecule has 0 spiro atoms. The fourth-order valence-electron chi connectivity index (χ4n) is 3.60. The van der Waals surface area contributed by atoms with Gasteiger partial charge in [-0.1, -0.05) is 58.1 Å². The molecule has 0 aliphatic carbocycles. The van der Waals surface area contributed by atoms with Gasteiger partial charge in [-0.25, -0.2) is 0 Å². The minimum Gasteiger partial charge on any atom is -0.338 e. The van der Waals surface area contributed by atoms with Crippen LogP contribution in [0.1, 0.15) is 41.5 Å². The SMILES string of the molecule is C=C1CB(N(CC)CC)C(C)=C(C)B(N(CC)CC)C1. The Morgan fingerprint density at radius 2 is 1.10 bits per heavy atom. The summed E-state index contributed by atoms with van der Waals surface area (Å²) < 4.78 is 0. The average Bonchev–Trinajstić information content (AvgIpc) is 2.55. The summed E-state index contributed by atoms with van der Waals surface area (Å²) in [7, 11) is 0. The molecule has 0 unspecified atom stereocenters. The van der Waals surface area contributed by atoms with Crippen molar-refractivity contribution in [1.82, 2.24) is 9.62 Å². The van der Waals surface area contributed by atoms with Gasteiger partial charge in [0.15, 0.2) is 0 Å². The summed E-state index contributed by atoms with van der Waals surface area (Å²) in [5.41, 5.74) is 4.56. The van der Waals surface area contributed by atoms with E-state index in [2.05, 4.69) is 57.7 Å². The van der Waals surface area contributed by atoms with Gasteiger partial charge in [0, 0.05) is 0 Å². The Balaban J connectivity index is 3.12. The molecule has 0 aromatic rings. The van der Waals surface area contributed by atoms with Crippen molar-refractivity contribution in [2.24, 2.45) is 0 Å². The minimum atomic E-state index is 0.554. The second-order valence-corrected chi connectivity index (χ2v) is 6.00. The Kier molecular flexibility index (Phi) is 7.11. The minimum absolute atomic E-state index is 0.554. The molecule has 1 heterocycles. The van der Waals surface area contributed by atoms with E-state index in [9.17, 15) is 0 Å². The van der Waals surface area contributed by atoms with Gasteiger partial charge in [0.05, 0.1) is 0 Å². The van der Waals surface area contributed by atoms with E-state index in [1.807, 2.05) is 0 Å². The molecular formula is C16H32B2N2. The Morgan fingerprint density at radius 1 is 0.800 bits per heavy atom. The Hall–Kier alpha value is -0.470. The Labute approximate surface area is 127 Å². The number of rotatable bonds is 6. The van der Waals surface area contributed by atoms with Crippen molar-refractivity contribution in [1.29, 1.82) is 0 Å². The third-order valence-electron chi connectivity index (χ3n) is 5.09. The number of hydrogen-bond acceptors (Lipinski definition) is 2. The number of nitrogens with zero attached hydrogens (tertiary/aromatic N) is 2. The summed E-state index contributed by atoms with van der Waals surface area (Å²) >= 11 is 0. The molecular weight excluding hydrogens is 242 g/mol. The summed E-state index contributed by atoms with van der Waals surface area (Å²) in [4.78, 5) is 5.16. The topological polar surface area (TPSA) is 6.48 Å². The normalized spacial score (nSPS) is 17.5. The van der Waals surface area contributed by atoms with E-state index in [1.54, 1.807) is 10.9 Å². The van der Waals surface area contributed by atoms with Crippen molar-refractivity contribution >= 4 is 13.7 Å². The van der Waals surface area contributed by atoms with Gasteiger partial charge in [0.25, 0.3) is 13.7 Å². The Morgan fingerprint density at radius 3 is 1.35 bits per heavy atom. The summed E-state index contributed by atoms with van der Waals surface area (Å²) in [6, 6.07) is 0. The summed E-state index contributed by atoms with van der Waals surface area (Å²) in [5.74, 6) is 0. The van der Waals surface area contributed by atoms with E-state index < -0.39 is 0 Å². The molecule has 0 radical (unpaired) electrons. The molecule has 0 saturated heterocycles. The van der Waals surface area contributed by atoms with Gasteiger partial charge in [-0.05, 0) is 38.8 Å². The number of allylic oxidation sites excluding steroid dienone is 3. The zero-order chi connectivity index (χ0) is 15.3.